The van der Waals surface area contributed by atoms with Crippen molar-refractivity contribution in [3.8, 4) is 67.5 Å². The molecule has 10 nitrogen and oxygen atoms in total. The van der Waals surface area contributed by atoms with E-state index < -0.39 is 0 Å². The van der Waals surface area contributed by atoms with Gasteiger partial charge in [-0.25, -0.2) is 0 Å². The van der Waals surface area contributed by atoms with E-state index in [1.165, 1.54) is 66.8 Å². The molecule has 8 heterocycles. The van der Waals surface area contributed by atoms with E-state index in [2.05, 4.69) is 210 Å². The second kappa shape index (κ2) is 39.8. The maximum Gasteiger partial charge on any atom is 3.00 e. The van der Waals surface area contributed by atoms with Crippen LogP contribution in [0.4, 0.5) is 0 Å². The molecule has 16 rings (SSSR count). The minimum Gasteiger partial charge on any atom is -0.501 e. The number of aliphatic hydroxyl groups excluding tert-OH is 2. The Labute approximate surface area is 639 Å². The smallest absolute Gasteiger partial charge is 0.501 e. The fourth-order valence-corrected chi connectivity index (χ4v) is 10.7. The molecule has 12 heteroatoms. The van der Waals surface area contributed by atoms with Crippen molar-refractivity contribution in [3.05, 3.63) is 347 Å². The molecule has 8 aromatic carbocycles. The van der Waals surface area contributed by atoms with E-state index in [0.29, 0.717) is 0 Å². The van der Waals surface area contributed by atoms with Crippen LogP contribution < -0.4 is 0 Å². The van der Waals surface area contributed by atoms with Crippen molar-refractivity contribution in [1.82, 2.24) is 29.9 Å². The number of pyridine rings is 6. The minimum absolute atomic E-state index is 0. The summed E-state index contributed by atoms with van der Waals surface area (Å²) in [5.74, 6) is 0. The Morgan fingerprint density at radius 2 is 0.529 bits per heavy atom. The predicted molar refractivity (Wildman–Crippen MR) is 420 cm³/mol. The van der Waals surface area contributed by atoms with E-state index in [1.807, 2.05) is 183 Å². The van der Waals surface area contributed by atoms with E-state index in [-0.39, 0.29) is 40.2 Å². The summed E-state index contributed by atoms with van der Waals surface area (Å²) in [5, 5.41) is 18.5. The Kier molecular flexibility index (Phi) is 30.9. The van der Waals surface area contributed by atoms with Crippen molar-refractivity contribution in [1.29, 1.82) is 0 Å². The first-order valence-corrected chi connectivity index (χ1v) is 33.7. The van der Waals surface area contributed by atoms with E-state index in [1.54, 1.807) is 0 Å². The third kappa shape index (κ3) is 20.9. The van der Waals surface area contributed by atoms with Crippen molar-refractivity contribution >= 4 is 43.9 Å². The summed E-state index contributed by atoms with van der Waals surface area (Å²) in [5.41, 5.74) is 30.5. The molecule has 0 aliphatic carbocycles. The van der Waals surface area contributed by atoms with Gasteiger partial charge in [-0.15, -0.1) is 162 Å². The Morgan fingerprint density at radius 1 is 0.250 bits per heavy atom. The van der Waals surface area contributed by atoms with Crippen molar-refractivity contribution < 1.29 is 59.3 Å². The van der Waals surface area contributed by atoms with Crippen LogP contribution in [-0.2, 0) is 40.2 Å². The van der Waals surface area contributed by atoms with Crippen LogP contribution >= 0.6 is 0 Å². The summed E-state index contributed by atoms with van der Waals surface area (Å²) in [6.07, 6.45) is 11.5. The summed E-state index contributed by atoms with van der Waals surface area (Å²) in [4.78, 5) is 26.6. The van der Waals surface area contributed by atoms with Crippen LogP contribution in [0.1, 0.15) is 66.8 Å². The van der Waals surface area contributed by atoms with Gasteiger partial charge in [0.25, 0.3) is 0 Å². The molecular weight excluding hydrogens is 1640 g/mol. The van der Waals surface area contributed by atoms with Crippen LogP contribution in [0.25, 0.3) is 111 Å². The number of aryl methyl sites for hydroxylation is 12. The molecule has 0 saturated heterocycles. The van der Waals surface area contributed by atoms with Gasteiger partial charge >= 0.3 is 40.2 Å². The molecular formula is C92H85Ir2N6O4+. The summed E-state index contributed by atoms with van der Waals surface area (Å²) >= 11 is 0. The van der Waals surface area contributed by atoms with Crippen LogP contribution in [0, 0.1) is 113 Å². The van der Waals surface area contributed by atoms with Crippen molar-refractivity contribution in [2.24, 2.45) is 0 Å². The van der Waals surface area contributed by atoms with Crippen LogP contribution in [0.5, 0.6) is 0 Å². The number of aromatic nitrogens is 6. The number of hydrogen-bond acceptors (Lipinski definition) is 10. The van der Waals surface area contributed by atoms with Gasteiger partial charge in [-0.2, -0.15) is 0 Å². The quantitative estimate of drug-likeness (QED) is 0.154. The molecule has 0 unspecified atom stereocenters. The average Bonchev–Trinajstić information content (AvgIpc) is 1.69. The standard InChI is InChI=1S/C19H15NO.C19H14NO.4C13H12N.2CH4O.2Ir/c2*1-12-10-17(20-11-13(12)2)16-8-5-7-15-14-6-3-4-9-18(14)21-19(15)16;4*1-10-8-13(14-9-11(10)2)12-6-4-3-5-7-12;2*1-2;;/h3-11H,1-2H3;3-7,9-11H,1-2H3;4*3-6,8-9H,1-2H3;2*2H,1H3;;/q;5*-1;;;2*+3. The van der Waals surface area contributed by atoms with E-state index in [0.717, 1.165) is 126 Å². The third-order valence-corrected chi connectivity index (χ3v) is 17.5. The Hall–Kier alpha value is -10.5. The third-order valence-electron chi connectivity index (χ3n) is 17.5. The first-order valence-electron chi connectivity index (χ1n) is 33.7. The van der Waals surface area contributed by atoms with Gasteiger partial charge in [0.1, 0.15) is 16.7 Å². The molecule has 0 amide bonds. The SMILES string of the molecule is CO.CO.Cc1cnc(-c2[c-]ccc3c2oc2ccccc23)cc1C.Cc1cnc(-c2[c-]cccc2)cc1C.Cc1cnc(-c2[c-]cccc2)cc1C.Cc1cnc(-c2[c-]cccc2)cc1C.Cc1cnc(-c2[c-]cccc2)cc1C.Cc1cnc(-c2cccc3c2oc2ccccc23)cc1C.[Ir+3].[Ir+3]. The van der Waals surface area contributed by atoms with Crippen LogP contribution in [0.15, 0.2) is 258 Å². The van der Waals surface area contributed by atoms with Gasteiger partial charge in [0.05, 0.1) is 11.3 Å². The van der Waals surface area contributed by atoms with E-state index in [9.17, 15) is 0 Å². The van der Waals surface area contributed by atoms with Gasteiger partial charge in [0.2, 0.25) is 0 Å². The van der Waals surface area contributed by atoms with Crippen LogP contribution in [0.3, 0.4) is 0 Å². The topological polar surface area (TPSA) is 144 Å². The molecule has 0 fully saturated rings. The molecule has 524 valence electrons. The molecule has 8 aromatic heterocycles. The summed E-state index contributed by atoms with van der Waals surface area (Å²) in [6, 6.07) is 86.6. The zero-order valence-corrected chi connectivity index (χ0v) is 66.0. The van der Waals surface area contributed by atoms with Gasteiger partial charge in [-0.1, -0.05) is 118 Å². The number of benzene rings is 8. The maximum absolute atomic E-state index is 7.00. The molecule has 104 heavy (non-hydrogen) atoms. The molecule has 0 spiro atoms. The number of hydrogen-bond donors (Lipinski definition) is 2. The molecule has 0 aliphatic heterocycles. The predicted octanol–water partition coefficient (Wildman–Crippen LogP) is 22.2. The van der Waals surface area contributed by atoms with Gasteiger partial charge in [0, 0.05) is 73.1 Å². The van der Waals surface area contributed by atoms with Crippen LogP contribution in [-0.4, -0.2) is 54.3 Å². The normalized spacial score (nSPS) is 10.2. The molecule has 16 aromatic rings. The summed E-state index contributed by atoms with van der Waals surface area (Å²) in [7, 11) is 2.00. The number of nitrogens with zero attached hydrogens (tertiary/aromatic N) is 6. The number of fused-ring (bicyclic) bond motifs is 6. The van der Waals surface area contributed by atoms with Crippen molar-refractivity contribution in [3.63, 3.8) is 0 Å². The minimum atomic E-state index is 0. The number of aliphatic hydroxyl groups is 2. The van der Waals surface area contributed by atoms with Gasteiger partial charge < -0.3 is 44.0 Å². The number of para-hydroxylation sites is 3. The zero-order valence-electron chi connectivity index (χ0n) is 61.2. The zero-order chi connectivity index (χ0) is 72.7. The second-order valence-corrected chi connectivity index (χ2v) is 24.5. The van der Waals surface area contributed by atoms with E-state index >= 15 is 0 Å². The summed E-state index contributed by atoms with van der Waals surface area (Å²) < 4.78 is 12.1. The van der Waals surface area contributed by atoms with Gasteiger partial charge in [0.15, 0.2) is 0 Å². The molecule has 0 radical (unpaired) electrons. The van der Waals surface area contributed by atoms with Crippen molar-refractivity contribution in [2.75, 3.05) is 14.2 Å². The summed E-state index contributed by atoms with van der Waals surface area (Å²) in [6.45, 7) is 25.0. The van der Waals surface area contributed by atoms with Crippen molar-refractivity contribution in [2.45, 2.75) is 83.1 Å². The number of furan rings is 2. The van der Waals surface area contributed by atoms with Crippen LogP contribution in [0.2, 0.25) is 0 Å². The Balaban J connectivity index is 0.000000174. The fraction of sp³-hybridized carbons (Fsp3) is 0.152. The fourth-order valence-electron chi connectivity index (χ4n) is 10.7. The van der Waals surface area contributed by atoms with Gasteiger partial charge in [-0.05, 0) is 175 Å². The molecule has 0 aliphatic rings. The Morgan fingerprint density at radius 3 is 0.865 bits per heavy atom. The largest absolute Gasteiger partial charge is 3.00 e. The average molecular weight is 1720 g/mol. The second-order valence-electron chi connectivity index (χ2n) is 24.5. The molecule has 0 bridgehead atoms. The number of rotatable bonds is 6. The van der Waals surface area contributed by atoms with E-state index in [4.69, 9.17) is 19.0 Å². The monoisotopic (exact) mass is 1720 g/mol. The first-order chi connectivity index (χ1) is 49.6. The maximum atomic E-state index is 7.00. The Bertz CT molecular complexity index is 4870. The molecule has 0 atom stereocenters. The first kappa shape index (κ1) is 80.8. The van der Waals surface area contributed by atoms with Gasteiger partial charge in [-0.3, -0.25) is 4.98 Å². The molecule has 2 N–H and O–H groups in total. The molecule has 0 saturated carbocycles.